The van der Waals surface area contributed by atoms with Crippen molar-refractivity contribution >= 4 is 39.3 Å². The number of benzene rings is 2. The predicted octanol–water partition coefficient (Wildman–Crippen LogP) is 4.59. The van der Waals surface area contributed by atoms with Gasteiger partial charge in [0.1, 0.15) is 0 Å². The molecular formula is C19H23BrN2OS. The van der Waals surface area contributed by atoms with Gasteiger partial charge in [0.25, 0.3) is 0 Å². The highest BCUT2D eigenvalue weighted by atomic mass is 79.9. The van der Waals surface area contributed by atoms with Crippen LogP contribution in [0.5, 0.6) is 0 Å². The Balaban J connectivity index is 1.83. The van der Waals surface area contributed by atoms with Crippen LogP contribution in [0.1, 0.15) is 11.1 Å². The third kappa shape index (κ3) is 6.30. The predicted molar refractivity (Wildman–Crippen MR) is 107 cm³/mol. The molecule has 0 aliphatic carbocycles. The molecule has 128 valence electrons. The summed E-state index contributed by atoms with van der Waals surface area (Å²) < 4.78 is 1.06. The highest BCUT2D eigenvalue weighted by molar-refractivity contribution is 9.10. The molecule has 0 spiro atoms. The molecule has 1 amide bonds. The fourth-order valence-corrected chi connectivity index (χ4v) is 3.51. The highest BCUT2D eigenvalue weighted by Gasteiger charge is 2.06. The molecule has 2 aromatic carbocycles. The largest absolute Gasteiger partial charge is 0.325 e. The van der Waals surface area contributed by atoms with Gasteiger partial charge < -0.3 is 10.2 Å². The van der Waals surface area contributed by atoms with Gasteiger partial charge >= 0.3 is 0 Å². The minimum absolute atomic E-state index is 0.0170. The van der Waals surface area contributed by atoms with Crippen molar-refractivity contribution in [3.8, 4) is 0 Å². The van der Waals surface area contributed by atoms with Gasteiger partial charge in [-0.05, 0) is 68.9 Å². The van der Waals surface area contributed by atoms with Crippen molar-refractivity contribution in [1.29, 1.82) is 0 Å². The Bertz CT molecular complexity index is 686. The lowest BCUT2D eigenvalue weighted by Gasteiger charge is -2.10. The minimum Gasteiger partial charge on any atom is -0.325 e. The molecule has 0 fully saturated rings. The molecule has 1 N–H and O–H groups in total. The average molecular weight is 407 g/mol. The lowest BCUT2D eigenvalue weighted by atomic mass is 10.1. The fourth-order valence-electron chi connectivity index (χ4n) is 2.22. The Hall–Kier alpha value is -1.30. The van der Waals surface area contributed by atoms with Crippen LogP contribution in [0.4, 0.5) is 5.69 Å². The number of rotatable bonds is 7. The van der Waals surface area contributed by atoms with Crippen LogP contribution < -0.4 is 5.32 Å². The molecule has 0 aliphatic heterocycles. The van der Waals surface area contributed by atoms with E-state index in [9.17, 15) is 4.79 Å². The van der Waals surface area contributed by atoms with Crippen LogP contribution in [0.2, 0.25) is 0 Å². The summed E-state index contributed by atoms with van der Waals surface area (Å²) in [6.07, 6.45) is 1.01. The third-order valence-electron chi connectivity index (χ3n) is 3.58. The summed E-state index contributed by atoms with van der Waals surface area (Å²) in [7, 11) is 4.14. The number of carbonyl (C=O) groups is 1. The third-order valence-corrected chi connectivity index (χ3v) is 5.25. The molecule has 0 heterocycles. The quantitative estimate of drug-likeness (QED) is 0.682. The molecule has 0 atom stereocenters. The molecule has 0 unspecified atom stereocenters. The first-order valence-corrected chi connectivity index (χ1v) is 9.64. The van der Waals surface area contributed by atoms with E-state index in [1.807, 2.05) is 24.3 Å². The molecular weight excluding hydrogens is 384 g/mol. The summed E-state index contributed by atoms with van der Waals surface area (Å²) in [4.78, 5) is 15.4. The van der Waals surface area contributed by atoms with Crippen molar-refractivity contribution in [3.05, 3.63) is 58.1 Å². The second-order valence-corrected chi connectivity index (χ2v) is 7.93. The van der Waals surface area contributed by atoms with Gasteiger partial charge in [0.2, 0.25) is 5.91 Å². The van der Waals surface area contributed by atoms with E-state index in [0.717, 1.165) is 28.0 Å². The molecule has 0 saturated heterocycles. The summed E-state index contributed by atoms with van der Waals surface area (Å²) in [6.45, 7) is 3.08. The van der Waals surface area contributed by atoms with Crippen molar-refractivity contribution < 1.29 is 4.79 Å². The second-order valence-electron chi connectivity index (χ2n) is 6.00. The lowest BCUT2D eigenvalue weighted by molar-refractivity contribution is -0.113. The van der Waals surface area contributed by atoms with Gasteiger partial charge in [0.15, 0.2) is 0 Å². The van der Waals surface area contributed by atoms with Crippen LogP contribution in [-0.2, 0) is 11.2 Å². The van der Waals surface area contributed by atoms with E-state index in [1.54, 1.807) is 11.8 Å². The van der Waals surface area contributed by atoms with Crippen LogP contribution in [0, 0.1) is 6.92 Å². The van der Waals surface area contributed by atoms with Gasteiger partial charge in [-0.25, -0.2) is 0 Å². The first kappa shape index (κ1) is 19.0. The number of thioether (sulfide) groups is 1. The van der Waals surface area contributed by atoms with Crippen molar-refractivity contribution in [2.24, 2.45) is 0 Å². The van der Waals surface area contributed by atoms with E-state index in [-0.39, 0.29) is 5.91 Å². The Kier molecular flexibility index (Phi) is 7.34. The molecule has 0 aromatic heterocycles. The van der Waals surface area contributed by atoms with Crippen LogP contribution in [0.3, 0.4) is 0 Å². The molecule has 2 rings (SSSR count). The normalized spacial score (nSPS) is 10.9. The van der Waals surface area contributed by atoms with Gasteiger partial charge in [-0.15, -0.1) is 11.8 Å². The number of carbonyl (C=O) groups excluding carboxylic acids is 1. The maximum Gasteiger partial charge on any atom is 0.234 e. The Morgan fingerprint density at radius 2 is 1.88 bits per heavy atom. The molecule has 3 nitrogen and oxygen atoms in total. The summed E-state index contributed by atoms with van der Waals surface area (Å²) in [5, 5.41) is 2.96. The topological polar surface area (TPSA) is 32.3 Å². The van der Waals surface area contributed by atoms with Gasteiger partial charge in [-0.1, -0.05) is 28.1 Å². The van der Waals surface area contributed by atoms with Gasteiger partial charge in [0, 0.05) is 21.6 Å². The maximum atomic E-state index is 12.1. The molecule has 24 heavy (non-hydrogen) atoms. The maximum absolute atomic E-state index is 12.1. The van der Waals surface area contributed by atoms with Crippen LogP contribution in [-0.4, -0.2) is 37.2 Å². The Morgan fingerprint density at radius 3 is 2.50 bits per heavy atom. The van der Waals surface area contributed by atoms with Crippen molar-refractivity contribution in [1.82, 2.24) is 4.90 Å². The van der Waals surface area contributed by atoms with Gasteiger partial charge in [0.05, 0.1) is 5.75 Å². The number of nitrogens with zero attached hydrogens (tertiary/aromatic N) is 1. The number of hydrogen-bond donors (Lipinski definition) is 1. The van der Waals surface area contributed by atoms with Crippen LogP contribution >= 0.6 is 27.7 Å². The monoisotopic (exact) mass is 406 g/mol. The van der Waals surface area contributed by atoms with Crippen molar-refractivity contribution in [2.45, 2.75) is 18.2 Å². The van der Waals surface area contributed by atoms with Crippen LogP contribution in [0.15, 0.2) is 51.8 Å². The number of anilines is 1. The minimum atomic E-state index is 0.0170. The van der Waals surface area contributed by atoms with E-state index in [2.05, 4.69) is 65.4 Å². The highest BCUT2D eigenvalue weighted by Crippen LogP contribution is 2.25. The zero-order chi connectivity index (χ0) is 17.5. The number of hydrogen-bond acceptors (Lipinski definition) is 3. The van der Waals surface area contributed by atoms with E-state index in [4.69, 9.17) is 0 Å². The lowest BCUT2D eigenvalue weighted by Crippen LogP contribution is -2.15. The summed E-state index contributed by atoms with van der Waals surface area (Å²) in [5.74, 6) is 0.425. The van der Waals surface area contributed by atoms with Crippen LogP contribution in [0.25, 0.3) is 0 Å². The zero-order valence-corrected chi connectivity index (χ0v) is 16.7. The summed E-state index contributed by atoms with van der Waals surface area (Å²) in [5.41, 5.74) is 3.30. The number of nitrogens with one attached hydrogen (secondary N) is 1. The zero-order valence-electron chi connectivity index (χ0n) is 14.3. The van der Waals surface area contributed by atoms with Gasteiger partial charge in [-0.3, -0.25) is 4.79 Å². The summed E-state index contributed by atoms with van der Waals surface area (Å²) >= 11 is 5.01. The SMILES string of the molecule is Cc1cc(Br)ccc1SCC(=O)Nc1ccc(CCN(C)C)cc1. The Morgan fingerprint density at radius 1 is 1.17 bits per heavy atom. The average Bonchev–Trinajstić information content (AvgIpc) is 2.53. The first-order chi connectivity index (χ1) is 11.4. The van der Waals surface area contributed by atoms with E-state index < -0.39 is 0 Å². The van der Waals surface area contributed by atoms with E-state index in [1.165, 1.54) is 11.1 Å². The molecule has 2 aromatic rings. The number of likely N-dealkylation sites (N-methyl/N-ethyl adjacent to an activating group) is 1. The molecule has 0 aliphatic rings. The van der Waals surface area contributed by atoms with Crippen molar-refractivity contribution in [3.63, 3.8) is 0 Å². The number of amides is 1. The molecule has 5 heteroatoms. The molecule has 0 saturated carbocycles. The number of aryl methyl sites for hydroxylation is 1. The molecule has 0 radical (unpaired) electrons. The van der Waals surface area contributed by atoms with E-state index in [0.29, 0.717) is 5.75 Å². The van der Waals surface area contributed by atoms with Crippen molar-refractivity contribution in [2.75, 3.05) is 31.7 Å². The fraction of sp³-hybridized carbons (Fsp3) is 0.316. The van der Waals surface area contributed by atoms with E-state index >= 15 is 0 Å². The smallest absolute Gasteiger partial charge is 0.234 e. The standard InChI is InChI=1S/C19H23BrN2OS/c1-14-12-16(20)6-9-18(14)24-13-19(23)21-17-7-4-15(5-8-17)10-11-22(2)3/h4-9,12H,10-11,13H2,1-3H3,(H,21,23). The summed E-state index contributed by atoms with van der Waals surface area (Å²) in [6, 6.07) is 14.2. The van der Waals surface area contributed by atoms with Gasteiger partial charge in [-0.2, -0.15) is 0 Å². The first-order valence-electron chi connectivity index (χ1n) is 7.86. The number of halogens is 1. The second kappa shape index (κ2) is 9.25. The molecule has 0 bridgehead atoms. The Labute approximate surface area is 157 Å².